The van der Waals surface area contributed by atoms with E-state index in [9.17, 15) is 18.0 Å². The van der Waals surface area contributed by atoms with E-state index in [4.69, 9.17) is 9.47 Å². The molecule has 10 heteroatoms. The average Bonchev–Trinajstić information content (AvgIpc) is 3.16. The summed E-state index contributed by atoms with van der Waals surface area (Å²) in [4.78, 5) is 19.1. The quantitative estimate of drug-likeness (QED) is 0.517. The van der Waals surface area contributed by atoms with Crippen LogP contribution in [0.2, 0.25) is 0 Å². The predicted molar refractivity (Wildman–Crippen MR) is 122 cm³/mol. The van der Waals surface area contributed by atoms with Gasteiger partial charge in [-0.15, -0.1) is 0 Å². The van der Waals surface area contributed by atoms with Crippen LogP contribution in [0.25, 0.3) is 5.65 Å². The van der Waals surface area contributed by atoms with Gasteiger partial charge in [-0.2, -0.15) is 13.2 Å². The van der Waals surface area contributed by atoms with Gasteiger partial charge < -0.3 is 19.7 Å². The number of anilines is 1. The van der Waals surface area contributed by atoms with Gasteiger partial charge in [0, 0.05) is 18.8 Å². The second-order valence-electron chi connectivity index (χ2n) is 8.24. The topological polar surface area (TPSA) is 68.1 Å². The number of carbonyl (C=O) groups is 1. The zero-order valence-electron chi connectivity index (χ0n) is 19.1. The minimum atomic E-state index is -4.12. The Morgan fingerprint density at radius 1 is 1.12 bits per heavy atom. The highest BCUT2D eigenvalue weighted by atomic mass is 19.4. The lowest BCUT2D eigenvalue weighted by molar-refractivity contribution is -0.179. The van der Waals surface area contributed by atoms with Gasteiger partial charge in [0.15, 0.2) is 0 Å². The van der Waals surface area contributed by atoms with Crippen LogP contribution < -0.4 is 19.7 Å². The molecule has 3 heterocycles. The third-order valence-electron chi connectivity index (χ3n) is 6.03. The van der Waals surface area contributed by atoms with Crippen LogP contribution in [0.4, 0.5) is 18.9 Å². The maximum atomic E-state index is 12.8. The number of alkyl halides is 3. The molecule has 1 aliphatic heterocycles. The molecule has 1 aliphatic rings. The summed E-state index contributed by atoms with van der Waals surface area (Å²) in [7, 11) is 1.56. The zero-order valence-corrected chi connectivity index (χ0v) is 19.1. The Bertz CT molecular complexity index is 1140. The fraction of sp³-hybridized carbons (Fsp3) is 0.417. The lowest BCUT2D eigenvalue weighted by Gasteiger charge is -2.34. The number of methoxy groups -OCH3 is 1. The fourth-order valence-electron chi connectivity index (χ4n) is 4.17. The number of rotatable bonds is 7. The lowest BCUT2D eigenvalue weighted by atomic mass is 9.96. The number of hydrogen-bond donors (Lipinski definition) is 1. The van der Waals surface area contributed by atoms with Crippen molar-refractivity contribution in [2.24, 2.45) is 5.92 Å². The minimum Gasteiger partial charge on any atom is -0.495 e. The molecular weight excluding hydrogens is 449 g/mol. The highest BCUT2D eigenvalue weighted by Crippen LogP contribution is 2.35. The Hall–Kier alpha value is -3.43. The summed E-state index contributed by atoms with van der Waals surface area (Å²) in [6.45, 7) is 3.09. The molecule has 3 aromatic rings. The summed E-state index contributed by atoms with van der Waals surface area (Å²) in [6, 6.07) is 10.8. The maximum absolute atomic E-state index is 12.8. The molecule has 0 saturated carbocycles. The number of aryl methyl sites for hydroxylation is 1. The molecule has 0 bridgehead atoms. The van der Waals surface area contributed by atoms with E-state index in [1.807, 2.05) is 17.0 Å². The fourth-order valence-corrected chi connectivity index (χ4v) is 4.17. The number of amides is 1. The number of hydrogen-bond acceptors (Lipinski definition) is 5. The number of carbonyl (C=O) groups excluding carboxylic acids is 1. The van der Waals surface area contributed by atoms with E-state index in [0.29, 0.717) is 48.2 Å². The number of fused-ring (bicyclic) bond motifs is 1. The second kappa shape index (κ2) is 9.82. The Morgan fingerprint density at radius 2 is 1.79 bits per heavy atom. The average molecular weight is 476 g/mol. The van der Waals surface area contributed by atoms with Gasteiger partial charge in [0.1, 0.15) is 29.4 Å². The predicted octanol–water partition coefficient (Wildman–Crippen LogP) is 4.24. The first-order chi connectivity index (χ1) is 16.3. The molecule has 0 radical (unpaired) electrons. The Kier molecular flexibility index (Phi) is 6.85. The van der Waals surface area contributed by atoms with Crippen molar-refractivity contribution < 1.29 is 27.4 Å². The Balaban J connectivity index is 1.27. The molecular formula is C24H27F3N4O3. The number of nitrogens with zero attached hydrogens (tertiary/aromatic N) is 3. The van der Waals surface area contributed by atoms with Gasteiger partial charge >= 0.3 is 6.18 Å². The lowest BCUT2D eigenvalue weighted by Crippen LogP contribution is -2.38. The van der Waals surface area contributed by atoms with Gasteiger partial charge in [0.25, 0.3) is 5.91 Å². The van der Waals surface area contributed by atoms with Gasteiger partial charge in [0.2, 0.25) is 0 Å². The van der Waals surface area contributed by atoms with Crippen LogP contribution in [0.3, 0.4) is 0 Å². The number of benzene rings is 1. The number of nitrogens with one attached hydrogen (secondary N) is 1. The molecule has 2 aromatic heterocycles. The summed E-state index contributed by atoms with van der Waals surface area (Å²) in [5, 5.41) is 2.84. The van der Waals surface area contributed by atoms with E-state index in [1.165, 1.54) is 0 Å². The first-order valence-corrected chi connectivity index (χ1v) is 11.1. The molecule has 1 aromatic carbocycles. The Morgan fingerprint density at radius 3 is 2.44 bits per heavy atom. The molecule has 1 amide bonds. The molecule has 0 unspecified atom stereocenters. The molecule has 34 heavy (non-hydrogen) atoms. The van der Waals surface area contributed by atoms with Gasteiger partial charge in [0.05, 0.1) is 31.5 Å². The molecule has 4 rings (SSSR count). The summed E-state index contributed by atoms with van der Waals surface area (Å²) in [5.41, 5.74) is 2.58. The number of halogens is 3. The van der Waals surface area contributed by atoms with Crippen molar-refractivity contribution in [2.75, 3.05) is 38.3 Å². The standard InChI is InChI=1S/C24H27F3N4O3/c1-16-22(31-15-20(33-2)7-8-21(31)29-16)23(32)28-11-14-34-19-5-3-18(4-6-19)30-12-9-17(10-13-30)24(25,26)27/h3-8,15,17H,9-14H2,1-2H3,(H,28,32). The number of ether oxygens (including phenoxy) is 2. The summed E-state index contributed by atoms with van der Waals surface area (Å²) < 4.78 is 51.2. The van der Waals surface area contributed by atoms with E-state index >= 15 is 0 Å². The van der Waals surface area contributed by atoms with Gasteiger partial charge in [-0.05, 0) is 56.2 Å². The van der Waals surface area contributed by atoms with Crippen LogP contribution >= 0.6 is 0 Å². The third kappa shape index (κ3) is 5.21. The molecule has 1 N–H and O–H groups in total. The van der Waals surface area contributed by atoms with E-state index in [0.717, 1.165) is 5.69 Å². The SMILES string of the molecule is COc1ccc2nc(C)c(C(=O)NCCOc3ccc(N4CCC(C(F)(F)F)CC4)cc3)n2c1. The third-order valence-corrected chi connectivity index (χ3v) is 6.03. The molecule has 182 valence electrons. The summed E-state index contributed by atoms with van der Waals surface area (Å²) in [5.74, 6) is -0.234. The maximum Gasteiger partial charge on any atom is 0.391 e. The number of piperidine rings is 1. The van der Waals surface area contributed by atoms with Crippen LogP contribution in [0.5, 0.6) is 11.5 Å². The zero-order chi connectivity index (χ0) is 24.3. The first kappa shape index (κ1) is 23.7. The van der Waals surface area contributed by atoms with Gasteiger partial charge in [-0.25, -0.2) is 4.98 Å². The van der Waals surface area contributed by atoms with Crippen molar-refractivity contribution >= 4 is 17.2 Å². The highest BCUT2D eigenvalue weighted by molar-refractivity contribution is 5.94. The van der Waals surface area contributed by atoms with Crippen molar-refractivity contribution in [1.82, 2.24) is 14.7 Å². The minimum absolute atomic E-state index is 0.111. The normalized spacial score (nSPS) is 14.9. The first-order valence-electron chi connectivity index (χ1n) is 11.1. The van der Waals surface area contributed by atoms with Gasteiger partial charge in [-0.3, -0.25) is 9.20 Å². The molecule has 1 saturated heterocycles. The second-order valence-corrected chi connectivity index (χ2v) is 8.24. The van der Waals surface area contributed by atoms with Gasteiger partial charge in [-0.1, -0.05) is 0 Å². The molecule has 0 atom stereocenters. The van der Waals surface area contributed by atoms with Crippen LogP contribution in [-0.4, -0.2) is 54.8 Å². The van der Waals surface area contributed by atoms with Crippen LogP contribution in [-0.2, 0) is 0 Å². The molecule has 0 aliphatic carbocycles. The molecule has 7 nitrogen and oxygen atoms in total. The van der Waals surface area contributed by atoms with Crippen molar-refractivity contribution in [3.63, 3.8) is 0 Å². The largest absolute Gasteiger partial charge is 0.495 e. The van der Waals surface area contributed by atoms with Crippen LogP contribution in [0.15, 0.2) is 42.6 Å². The molecule has 1 fully saturated rings. The number of imidazole rings is 1. The number of aromatic nitrogens is 2. The molecule has 0 spiro atoms. The summed E-state index contributed by atoms with van der Waals surface area (Å²) in [6.07, 6.45) is -2.18. The smallest absolute Gasteiger partial charge is 0.391 e. The van der Waals surface area contributed by atoms with E-state index in [2.05, 4.69) is 10.3 Å². The summed E-state index contributed by atoms with van der Waals surface area (Å²) >= 11 is 0. The van der Waals surface area contributed by atoms with Crippen LogP contribution in [0, 0.1) is 12.8 Å². The van der Waals surface area contributed by atoms with Crippen molar-refractivity contribution in [3.05, 3.63) is 54.0 Å². The van der Waals surface area contributed by atoms with Crippen LogP contribution in [0.1, 0.15) is 29.0 Å². The van der Waals surface area contributed by atoms with E-state index < -0.39 is 12.1 Å². The monoisotopic (exact) mass is 476 g/mol. The van der Waals surface area contributed by atoms with Crippen molar-refractivity contribution in [2.45, 2.75) is 25.9 Å². The van der Waals surface area contributed by atoms with E-state index in [1.54, 1.807) is 48.9 Å². The highest BCUT2D eigenvalue weighted by Gasteiger charge is 2.41. The van der Waals surface area contributed by atoms with Crippen molar-refractivity contribution in [1.29, 1.82) is 0 Å². The van der Waals surface area contributed by atoms with Crippen molar-refractivity contribution in [3.8, 4) is 11.5 Å². The number of pyridine rings is 1. The van der Waals surface area contributed by atoms with E-state index in [-0.39, 0.29) is 25.4 Å². The Labute approximate surface area is 195 Å².